The Kier molecular flexibility index (Phi) is 3.67. The fraction of sp³-hybridized carbons (Fsp3) is 0.222. The van der Waals surface area contributed by atoms with Crippen LogP contribution in [0.25, 0.3) is 0 Å². The van der Waals surface area contributed by atoms with Crippen molar-refractivity contribution in [1.82, 2.24) is 0 Å². The van der Waals surface area contributed by atoms with Gasteiger partial charge in [-0.15, -0.1) is 0 Å². The minimum atomic E-state index is -0.890. The van der Waals surface area contributed by atoms with E-state index in [9.17, 15) is 9.59 Å². The number of Topliss-reactive ketones (excluding diaryl/α,β-unsaturated/α-hetero) is 2. The van der Waals surface area contributed by atoms with E-state index in [0.29, 0.717) is 23.5 Å². The highest BCUT2D eigenvalue weighted by Crippen LogP contribution is 2.33. The van der Waals surface area contributed by atoms with Gasteiger partial charge >= 0.3 is 0 Å². The summed E-state index contributed by atoms with van der Waals surface area (Å²) in [6.07, 6.45) is -0.890. The number of ether oxygens (including phenoxy) is 2. The van der Waals surface area contributed by atoms with Gasteiger partial charge in [0.1, 0.15) is 11.5 Å². The molecule has 0 bridgehead atoms. The third kappa shape index (κ3) is 2.48. The number of ketones is 2. The highest BCUT2D eigenvalue weighted by atomic mass is 16.5. The number of benzene rings is 2. The van der Waals surface area contributed by atoms with Gasteiger partial charge in [0, 0.05) is 5.56 Å². The third-order valence-corrected chi connectivity index (χ3v) is 3.58. The summed E-state index contributed by atoms with van der Waals surface area (Å²) < 4.78 is 11.1. The fourth-order valence-corrected chi connectivity index (χ4v) is 2.48. The van der Waals surface area contributed by atoms with Crippen LogP contribution in [-0.4, -0.2) is 18.2 Å². The molecule has 1 unspecified atom stereocenters. The van der Waals surface area contributed by atoms with Gasteiger partial charge in [-0.25, -0.2) is 0 Å². The van der Waals surface area contributed by atoms with Crippen LogP contribution >= 0.6 is 0 Å². The van der Waals surface area contributed by atoms with Crippen molar-refractivity contribution >= 4 is 11.6 Å². The molecule has 1 aliphatic heterocycles. The van der Waals surface area contributed by atoms with Crippen molar-refractivity contribution in [1.29, 1.82) is 0 Å². The number of hydrogen-bond donors (Lipinski definition) is 0. The second kappa shape index (κ2) is 5.64. The molecule has 3 rings (SSSR count). The van der Waals surface area contributed by atoms with Gasteiger partial charge in [-0.2, -0.15) is 0 Å². The molecule has 4 nitrogen and oxygen atoms in total. The fourth-order valence-electron chi connectivity index (χ4n) is 2.48. The van der Waals surface area contributed by atoms with E-state index in [1.165, 1.54) is 0 Å². The molecule has 0 fully saturated rings. The van der Waals surface area contributed by atoms with E-state index in [2.05, 4.69) is 0 Å². The predicted octanol–water partition coefficient (Wildman–Crippen LogP) is 3.28. The standard InChI is InChI=1S/C18H16O4/c1-3-21-13-7-5-12(6-8-13)18-17(20)16(19)14-10-11(2)4-9-15(14)22-18/h4-10,18H,3H2,1-2H3. The lowest BCUT2D eigenvalue weighted by atomic mass is 9.94. The quantitative estimate of drug-likeness (QED) is 0.816. The van der Waals surface area contributed by atoms with Gasteiger partial charge in [0.05, 0.1) is 12.2 Å². The van der Waals surface area contributed by atoms with Crippen LogP contribution in [0.3, 0.4) is 0 Å². The molecule has 0 saturated carbocycles. The molecule has 1 aliphatic rings. The first-order valence-corrected chi connectivity index (χ1v) is 7.18. The van der Waals surface area contributed by atoms with Crippen molar-refractivity contribution in [2.45, 2.75) is 20.0 Å². The van der Waals surface area contributed by atoms with Crippen molar-refractivity contribution in [3.63, 3.8) is 0 Å². The van der Waals surface area contributed by atoms with Crippen LogP contribution in [0.4, 0.5) is 0 Å². The smallest absolute Gasteiger partial charge is 0.248 e. The van der Waals surface area contributed by atoms with E-state index in [0.717, 1.165) is 11.3 Å². The van der Waals surface area contributed by atoms with Crippen LogP contribution < -0.4 is 9.47 Å². The zero-order chi connectivity index (χ0) is 15.7. The largest absolute Gasteiger partial charge is 0.494 e. The normalized spacial score (nSPS) is 16.9. The average molecular weight is 296 g/mol. The van der Waals surface area contributed by atoms with Gasteiger partial charge < -0.3 is 9.47 Å². The van der Waals surface area contributed by atoms with E-state index in [1.807, 2.05) is 19.9 Å². The topological polar surface area (TPSA) is 52.6 Å². The molecule has 2 aromatic carbocycles. The Morgan fingerprint density at radius 1 is 1.09 bits per heavy atom. The Labute approximate surface area is 128 Å². The Morgan fingerprint density at radius 3 is 2.50 bits per heavy atom. The maximum absolute atomic E-state index is 12.3. The van der Waals surface area contributed by atoms with E-state index in [-0.39, 0.29) is 0 Å². The van der Waals surface area contributed by atoms with Gasteiger partial charge in [0.2, 0.25) is 11.6 Å². The minimum absolute atomic E-state index is 0.340. The monoisotopic (exact) mass is 296 g/mol. The molecule has 2 aromatic rings. The van der Waals surface area contributed by atoms with E-state index in [1.54, 1.807) is 36.4 Å². The van der Waals surface area contributed by atoms with Gasteiger partial charge in [-0.05, 0) is 38.1 Å². The van der Waals surface area contributed by atoms with Crippen LogP contribution in [0.2, 0.25) is 0 Å². The number of hydrogen-bond acceptors (Lipinski definition) is 4. The summed E-state index contributed by atoms with van der Waals surface area (Å²) in [5, 5.41) is 0. The zero-order valence-corrected chi connectivity index (χ0v) is 12.5. The van der Waals surface area contributed by atoms with Gasteiger partial charge in [0.25, 0.3) is 0 Å². The van der Waals surface area contributed by atoms with Crippen molar-refractivity contribution in [3.05, 3.63) is 59.2 Å². The average Bonchev–Trinajstić information content (AvgIpc) is 2.53. The number of rotatable bonds is 3. The summed E-state index contributed by atoms with van der Waals surface area (Å²) in [4.78, 5) is 24.6. The Hall–Kier alpha value is -2.62. The molecule has 112 valence electrons. The number of carbonyl (C=O) groups is 2. The Balaban J connectivity index is 1.94. The second-order valence-electron chi connectivity index (χ2n) is 5.19. The Morgan fingerprint density at radius 2 is 1.82 bits per heavy atom. The molecular weight excluding hydrogens is 280 g/mol. The first-order chi connectivity index (χ1) is 10.6. The van der Waals surface area contributed by atoms with Crippen molar-refractivity contribution in [2.75, 3.05) is 6.61 Å². The van der Waals surface area contributed by atoms with E-state index < -0.39 is 17.7 Å². The summed E-state index contributed by atoms with van der Waals surface area (Å²) >= 11 is 0. The summed E-state index contributed by atoms with van der Waals surface area (Å²) in [5.74, 6) is 0.136. The molecule has 0 amide bonds. The molecule has 0 saturated heterocycles. The second-order valence-corrected chi connectivity index (χ2v) is 5.19. The van der Waals surface area contributed by atoms with Crippen LogP contribution in [-0.2, 0) is 4.79 Å². The first-order valence-electron chi connectivity index (χ1n) is 7.18. The molecule has 0 N–H and O–H groups in total. The van der Waals surface area contributed by atoms with Crippen LogP contribution in [0.15, 0.2) is 42.5 Å². The van der Waals surface area contributed by atoms with Crippen molar-refractivity contribution in [3.8, 4) is 11.5 Å². The SMILES string of the molecule is CCOc1ccc(C2Oc3ccc(C)cc3C(=O)C2=O)cc1. The molecule has 22 heavy (non-hydrogen) atoms. The molecule has 0 aliphatic carbocycles. The lowest BCUT2D eigenvalue weighted by molar-refractivity contribution is -0.122. The van der Waals surface area contributed by atoms with Gasteiger partial charge in [-0.3, -0.25) is 9.59 Å². The highest BCUT2D eigenvalue weighted by Gasteiger charge is 2.36. The number of carbonyl (C=O) groups excluding carboxylic acids is 2. The molecule has 0 radical (unpaired) electrons. The van der Waals surface area contributed by atoms with Crippen LogP contribution in [0.5, 0.6) is 11.5 Å². The molecule has 0 aromatic heterocycles. The highest BCUT2D eigenvalue weighted by molar-refractivity contribution is 6.46. The van der Waals surface area contributed by atoms with Crippen molar-refractivity contribution < 1.29 is 19.1 Å². The summed E-state index contributed by atoms with van der Waals surface area (Å²) in [7, 11) is 0. The summed E-state index contributed by atoms with van der Waals surface area (Å²) in [6, 6.07) is 12.3. The molecule has 0 spiro atoms. The first kappa shape index (κ1) is 14.3. The molecule has 1 atom stereocenters. The summed E-state index contributed by atoms with van der Waals surface area (Å²) in [6.45, 7) is 4.35. The van der Waals surface area contributed by atoms with E-state index >= 15 is 0 Å². The predicted molar refractivity (Wildman–Crippen MR) is 81.5 cm³/mol. The molecular formula is C18H16O4. The Bertz CT molecular complexity index is 731. The lowest BCUT2D eigenvalue weighted by Gasteiger charge is -2.24. The van der Waals surface area contributed by atoms with Crippen LogP contribution in [0.1, 0.15) is 34.5 Å². The number of fused-ring (bicyclic) bond motifs is 1. The minimum Gasteiger partial charge on any atom is -0.494 e. The van der Waals surface area contributed by atoms with Crippen LogP contribution in [0, 0.1) is 6.92 Å². The van der Waals surface area contributed by atoms with E-state index in [4.69, 9.17) is 9.47 Å². The molecule has 1 heterocycles. The maximum atomic E-state index is 12.3. The number of aryl methyl sites for hydroxylation is 1. The third-order valence-electron chi connectivity index (χ3n) is 3.58. The maximum Gasteiger partial charge on any atom is 0.248 e. The van der Waals surface area contributed by atoms with Gasteiger partial charge in [-0.1, -0.05) is 23.8 Å². The van der Waals surface area contributed by atoms with Gasteiger partial charge in [0.15, 0.2) is 6.10 Å². The molecule has 4 heteroatoms. The lowest BCUT2D eigenvalue weighted by Crippen LogP contribution is -2.31. The van der Waals surface area contributed by atoms with Crippen molar-refractivity contribution in [2.24, 2.45) is 0 Å². The summed E-state index contributed by atoms with van der Waals surface area (Å²) in [5.41, 5.74) is 1.91. The zero-order valence-electron chi connectivity index (χ0n) is 12.5.